The molecule has 2 amide bonds. The molecule has 0 bridgehead atoms. The number of rotatable bonds is 10. The van der Waals surface area contributed by atoms with Crippen LogP contribution in [0.5, 0.6) is 5.88 Å². The van der Waals surface area contributed by atoms with Gasteiger partial charge in [-0.25, -0.2) is 14.4 Å². The minimum Gasteiger partial charge on any atom is -0.476 e. The molecule has 0 atom stereocenters. The number of amides is 2. The number of benzene rings is 1. The standard InChI is InChI=1S/C27H30FN5O3S/c28-21-5-1-18(2-6-21)16-33-12-8-17(9-13-33)10-14-36-26-23(24(29)34)37-27(32-26)20-7-11-30-22(15-20)31-25(35)19-3-4-19/h1-2,5-7,11,15,17,19H,3-4,8-10,12-14,16H2,(H2,29,34)(H,30,31,35). The van der Waals surface area contributed by atoms with E-state index in [1.165, 1.54) is 23.5 Å². The molecule has 3 heterocycles. The molecule has 3 N–H and O–H groups in total. The monoisotopic (exact) mass is 523 g/mol. The van der Waals surface area contributed by atoms with Crippen molar-refractivity contribution in [2.75, 3.05) is 25.0 Å². The quantitative estimate of drug-likeness (QED) is 0.406. The van der Waals surface area contributed by atoms with Gasteiger partial charge in [0, 0.05) is 24.2 Å². The Labute approximate surface area is 219 Å². The van der Waals surface area contributed by atoms with E-state index in [0.717, 1.165) is 62.9 Å². The number of pyridine rings is 1. The largest absolute Gasteiger partial charge is 0.476 e. The minimum atomic E-state index is -0.579. The zero-order chi connectivity index (χ0) is 25.8. The van der Waals surface area contributed by atoms with Crippen LogP contribution in [-0.4, -0.2) is 46.4 Å². The van der Waals surface area contributed by atoms with Crippen molar-refractivity contribution in [1.29, 1.82) is 0 Å². The van der Waals surface area contributed by atoms with E-state index in [1.807, 2.05) is 12.1 Å². The normalized spacial score (nSPS) is 16.5. The second-order valence-electron chi connectivity index (χ2n) is 9.69. The van der Waals surface area contributed by atoms with E-state index in [1.54, 1.807) is 18.3 Å². The number of primary amides is 1. The van der Waals surface area contributed by atoms with E-state index in [9.17, 15) is 14.0 Å². The lowest BCUT2D eigenvalue weighted by Gasteiger charge is -2.31. The number of anilines is 1. The van der Waals surface area contributed by atoms with Gasteiger partial charge in [0.25, 0.3) is 5.91 Å². The molecule has 10 heteroatoms. The maximum absolute atomic E-state index is 13.1. The van der Waals surface area contributed by atoms with Crippen molar-refractivity contribution in [2.24, 2.45) is 17.6 Å². The van der Waals surface area contributed by atoms with E-state index in [4.69, 9.17) is 10.5 Å². The van der Waals surface area contributed by atoms with E-state index >= 15 is 0 Å². The summed E-state index contributed by atoms with van der Waals surface area (Å²) in [7, 11) is 0. The Morgan fingerprint density at radius 2 is 1.89 bits per heavy atom. The van der Waals surface area contributed by atoms with Crippen LogP contribution < -0.4 is 15.8 Å². The predicted molar refractivity (Wildman–Crippen MR) is 140 cm³/mol. The molecule has 1 aliphatic carbocycles. The highest BCUT2D eigenvalue weighted by Gasteiger charge is 2.30. The lowest BCUT2D eigenvalue weighted by Crippen LogP contribution is -2.33. The Morgan fingerprint density at radius 3 is 2.59 bits per heavy atom. The summed E-state index contributed by atoms with van der Waals surface area (Å²) in [5, 5.41) is 3.42. The van der Waals surface area contributed by atoms with Crippen molar-refractivity contribution in [3.05, 3.63) is 58.9 Å². The van der Waals surface area contributed by atoms with Gasteiger partial charge in [-0.2, -0.15) is 0 Å². The summed E-state index contributed by atoms with van der Waals surface area (Å²) in [6, 6.07) is 10.2. The number of likely N-dealkylation sites (tertiary alicyclic amines) is 1. The molecule has 0 unspecified atom stereocenters. The Morgan fingerprint density at radius 1 is 1.14 bits per heavy atom. The minimum absolute atomic E-state index is 0.0214. The number of nitrogens with zero attached hydrogens (tertiary/aromatic N) is 3. The number of ether oxygens (including phenoxy) is 1. The molecule has 8 nitrogen and oxygen atoms in total. The van der Waals surface area contributed by atoms with Crippen LogP contribution in [0.2, 0.25) is 0 Å². The number of carbonyl (C=O) groups excluding carboxylic acids is 2. The van der Waals surface area contributed by atoms with Crippen LogP contribution >= 0.6 is 11.3 Å². The first-order valence-corrected chi connectivity index (χ1v) is 13.4. The molecule has 2 aromatic heterocycles. The third kappa shape index (κ3) is 6.69. The maximum Gasteiger partial charge on any atom is 0.264 e. The highest BCUT2D eigenvalue weighted by molar-refractivity contribution is 7.17. The smallest absolute Gasteiger partial charge is 0.264 e. The van der Waals surface area contributed by atoms with Crippen LogP contribution in [0.3, 0.4) is 0 Å². The molecule has 1 saturated heterocycles. The molecule has 1 saturated carbocycles. The van der Waals surface area contributed by atoms with E-state index in [2.05, 4.69) is 20.2 Å². The molecule has 1 aliphatic heterocycles. The number of hydrogen-bond donors (Lipinski definition) is 2. The summed E-state index contributed by atoms with van der Waals surface area (Å²) < 4.78 is 19.1. The van der Waals surface area contributed by atoms with Gasteiger partial charge >= 0.3 is 0 Å². The summed E-state index contributed by atoms with van der Waals surface area (Å²) in [6.45, 7) is 3.24. The molecule has 3 aromatic rings. The summed E-state index contributed by atoms with van der Waals surface area (Å²) in [6.07, 6.45) is 6.41. The molecule has 194 valence electrons. The Kier molecular flexibility index (Phi) is 7.76. The van der Waals surface area contributed by atoms with Gasteiger partial charge in [-0.05, 0) is 80.9 Å². The molecule has 1 aromatic carbocycles. The van der Waals surface area contributed by atoms with Gasteiger partial charge < -0.3 is 15.8 Å². The number of nitrogens with two attached hydrogens (primary N) is 1. The Bertz CT molecular complexity index is 1250. The summed E-state index contributed by atoms with van der Waals surface area (Å²) in [4.78, 5) is 35.5. The first-order chi connectivity index (χ1) is 17.9. The SMILES string of the molecule is NC(=O)c1sc(-c2ccnc(NC(=O)C3CC3)c2)nc1OCCC1CCN(Cc2ccc(F)cc2)CC1. The van der Waals surface area contributed by atoms with Gasteiger partial charge in [-0.15, -0.1) is 11.3 Å². The van der Waals surface area contributed by atoms with Gasteiger partial charge in [0.2, 0.25) is 11.8 Å². The van der Waals surface area contributed by atoms with Crippen LogP contribution in [-0.2, 0) is 11.3 Å². The fourth-order valence-corrected chi connectivity index (χ4v) is 5.35. The van der Waals surface area contributed by atoms with Crippen LogP contribution in [0.1, 0.15) is 47.3 Å². The first-order valence-electron chi connectivity index (χ1n) is 12.6. The molecule has 2 aliphatic rings. The van der Waals surface area contributed by atoms with E-state index < -0.39 is 5.91 Å². The molecule has 5 rings (SSSR count). The zero-order valence-electron chi connectivity index (χ0n) is 20.5. The van der Waals surface area contributed by atoms with Crippen LogP contribution in [0, 0.1) is 17.7 Å². The van der Waals surface area contributed by atoms with Gasteiger partial charge in [0.15, 0.2) is 4.88 Å². The molecule has 0 spiro atoms. The summed E-state index contributed by atoms with van der Waals surface area (Å²) >= 11 is 1.17. The topological polar surface area (TPSA) is 110 Å². The molecule has 0 radical (unpaired) electrons. The maximum atomic E-state index is 13.1. The van der Waals surface area contributed by atoms with Crippen molar-refractivity contribution < 1.29 is 18.7 Å². The fraction of sp³-hybridized carbons (Fsp3) is 0.407. The fourth-order valence-electron chi connectivity index (χ4n) is 4.49. The number of nitrogens with one attached hydrogen (secondary N) is 1. The van der Waals surface area contributed by atoms with Crippen LogP contribution in [0.15, 0.2) is 42.6 Å². The van der Waals surface area contributed by atoms with E-state index in [-0.39, 0.29) is 28.4 Å². The Hall–Kier alpha value is -3.37. The van der Waals surface area contributed by atoms with Crippen molar-refractivity contribution in [1.82, 2.24) is 14.9 Å². The van der Waals surface area contributed by atoms with Gasteiger partial charge in [-0.3, -0.25) is 14.5 Å². The van der Waals surface area contributed by atoms with Gasteiger partial charge in [0.1, 0.15) is 16.6 Å². The second kappa shape index (κ2) is 11.4. The van der Waals surface area contributed by atoms with Crippen molar-refractivity contribution in [3.63, 3.8) is 0 Å². The van der Waals surface area contributed by atoms with Crippen molar-refractivity contribution in [3.8, 4) is 16.5 Å². The Balaban J connectivity index is 1.14. The zero-order valence-corrected chi connectivity index (χ0v) is 21.3. The summed E-state index contributed by atoms with van der Waals surface area (Å²) in [5.74, 6) is 0.500. The second-order valence-corrected chi connectivity index (χ2v) is 10.7. The average molecular weight is 524 g/mol. The lowest BCUT2D eigenvalue weighted by atomic mass is 9.93. The number of hydrogen-bond acceptors (Lipinski definition) is 7. The molecule has 37 heavy (non-hydrogen) atoms. The number of halogens is 1. The van der Waals surface area contributed by atoms with Crippen molar-refractivity contribution in [2.45, 2.75) is 38.6 Å². The molecular weight excluding hydrogens is 493 g/mol. The first kappa shape index (κ1) is 25.3. The van der Waals surface area contributed by atoms with Crippen molar-refractivity contribution >= 4 is 29.0 Å². The van der Waals surface area contributed by atoms with Crippen LogP contribution in [0.25, 0.3) is 10.6 Å². The summed E-state index contributed by atoms with van der Waals surface area (Å²) in [5.41, 5.74) is 7.45. The lowest BCUT2D eigenvalue weighted by molar-refractivity contribution is -0.117. The highest BCUT2D eigenvalue weighted by Crippen LogP contribution is 2.34. The highest BCUT2D eigenvalue weighted by atomic mass is 32.1. The number of thiazole rings is 1. The van der Waals surface area contributed by atoms with Gasteiger partial charge in [-0.1, -0.05) is 12.1 Å². The third-order valence-corrected chi connectivity index (χ3v) is 7.92. The number of piperidine rings is 1. The van der Waals surface area contributed by atoms with Gasteiger partial charge in [0.05, 0.1) is 6.61 Å². The number of aromatic nitrogens is 2. The molecule has 2 fully saturated rings. The van der Waals surface area contributed by atoms with Crippen LogP contribution in [0.4, 0.5) is 10.2 Å². The average Bonchev–Trinajstić information content (AvgIpc) is 3.66. The third-order valence-electron chi connectivity index (χ3n) is 6.82. The number of carbonyl (C=O) groups is 2. The van der Waals surface area contributed by atoms with E-state index in [0.29, 0.717) is 23.4 Å². The molecular formula is C27H30FN5O3S. The predicted octanol–water partition coefficient (Wildman–Crippen LogP) is 4.47.